The van der Waals surface area contributed by atoms with E-state index in [1.54, 1.807) is 0 Å². The monoisotopic (exact) mass is 180 g/mol. The minimum absolute atomic E-state index is 0.0677. The molecule has 1 aliphatic heterocycles. The molecule has 0 aromatic rings. The lowest BCUT2D eigenvalue weighted by molar-refractivity contribution is -0.121. The van der Waals surface area contributed by atoms with Gasteiger partial charge in [0.05, 0.1) is 0 Å². The minimum atomic E-state index is 0.0677. The summed E-state index contributed by atoms with van der Waals surface area (Å²) in [5, 5.41) is 8.07. The Balaban J connectivity index is 1.95. The Bertz CT molecular complexity index is 272. The van der Waals surface area contributed by atoms with E-state index in [0.717, 1.165) is 12.5 Å². The molecule has 0 amide bonds. The first kappa shape index (κ1) is 7.77. The summed E-state index contributed by atoms with van der Waals surface area (Å²) in [7, 11) is 0. The van der Waals surface area contributed by atoms with Crippen molar-refractivity contribution in [3.63, 3.8) is 0 Å². The Morgan fingerprint density at radius 2 is 2.23 bits per heavy atom. The normalized spacial score (nSPS) is 50.3. The zero-order valence-electron chi connectivity index (χ0n) is 8.29. The third-order valence-corrected chi connectivity index (χ3v) is 4.66. The van der Waals surface area contributed by atoms with Crippen molar-refractivity contribution < 1.29 is 4.84 Å². The number of hydrogen-bond acceptors (Lipinski definition) is 3. The number of fused-ring (bicyclic) bond motifs is 1. The van der Waals surface area contributed by atoms with Gasteiger partial charge in [0, 0.05) is 5.28 Å². The standard InChI is InChI=1S/C10H16N2O/c1-9(2)7-3-4-10(8(9)5-7)6-13-12-11-10/h7-8H,3-6H2,1-2H3. The minimum Gasteiger partial charge on any atom is -0.377 e. The van der Waals surface area contributed by atoms with Crippen LogP contribution in [0.4, 0.5) is 0 Å². The average Bonchev–Trinajstić information content (AvgIpc) is 2.53. The highest BCUT2D eigenvalue weighted by Crippen LogP contribution is 2.64. The predicted molar refractivity (Wildman–Crippen MR) is 48.2 cm³/mol. The van der Waals surface area contributed by atoms with E-state index < -0.39 is 0 Å². The van der Waals surface area contributed by atoms with Gasteiger partial charge in [-0.3, -0.25) is 0 Å². The Morgan fingerprint density at radius 3 is 2.77 bits per heavy atom. The van der Waals surface area contributed by atoms with Crippen LogP contribution >= 0.6 is 0 Å². The second-order valence-electron chi connectivity index (χ2n) is 5.40. The fraction of sp³-hybridized carbons (Fsp3) is 1.00. The van der Waals surface area contributed by atoms with E-state index in [1.165, 1.54) is 19.3 Å². The van der Waals surface area contributed by atoms with Crippen LogP contribution in [-0.2, 0) is 4.84 Å². The third kappa shape index (κ3) is 0.760. The van der Waals surface area contributed by atoms with Gasteiger partial charge in [-0.15, -0.1) is 5.11 Å². The fourth-order valence-electron chi connectivity index (χ4n) is 3.59. The summed E-state index contributed by atoms with van der Waals surface area (Å²) in [5.41, 5.74) is 0.545. The van der Waals surface area contributed by atoms with Crippen LogP contribution in [0.25, 0.3) is 0 Å². The molecule has 1 spiro atoms. The summed E-state index contributed by atoms with van der Waals surface area (Å²) < 4.78 is 0. The summed E-state index contributed by atoms with van der Waals surface area (Å²) in [6, 6.07) is 0. The SMILES string of the molecule is CC1(C)C2CCC3(CON=N3)C1C2. The molecule has 2 bridgehead atoms. The average molecular weight is 180 g/mol. The molecule has 1 heterocycles. The molecular formula is C10H16N2O. The van der Waals surface area contributed by atoms with Crippen LogP contribution in [0, 0.1) is 17.3 Å². The molecular weight excluding hydrogens is 164 g/mol. The molecule has 0 saturated heterocycles. The highest BCUT2D eigenvalue weighted by molar-refractivity contribution is 5.14. The molecule has 72 valence electrons. The zero-order chi connectivity index (χ0) is 9.10. The lowest BCUT2D eigenvalue weighted by Crippen LogP contribution is -2.61. The van der Waals surface area contributed by atoms with Gasteiger partial charge in [-0.05, 0) is 36.5 Å². The maximum absolute atomic E-state index is 5.08. The Hall–Kier alpha value is -0.600. The largest absolute Gasteiger partial charge is 0.377 e. The highest BCUT2D eigenvalue weighted by atomic mass is 16.7. The van der Waals surface area contributed by atoms with E-state index in [9.17, 15) is 0 Å². The van der Waals surface area contributed by atoms with E-state index in [4.69, 9.17) is 4.84 Å². The fourth-order valence-corrected chi connectivity index (χ4v) is 3.59. The van der Waals surface area contributed by atoms with Gasteiger partial charge >= 0.3 is 0 Å². The molecule has 3 nitrogen and oxygen atoms in total. The van der Waals surface area contributed by atoms with E-state index in [2.05, 4.69) is 24.2 Å². The quantitative estimate of drug-likeness (QED) is 0.564. The summed E-state index contributed by atoms with van der Waals surface area (Å²) in [4.78, 5) is 5.08. The van der Waals surface area contributed by atoms with Crippen molar-refractivity contribution >= 4 is 0 Å². The molecule has 13 heavy (non-hydrogen) atoms. The summed E-state index contributed by atoms with van der Waals surface area (Å²) in [5.74, 6) is 1.64. The van der Waals surface area contributed by atoms with Gasteiger partial charge in [0.2, 0.25) is 0 Å². The first-order valence-electron chi connectivity index (χ1n) is 5.19. The van der Waals surface area contributed by atoms with Crippen LogP contribution in [0.1, 0.15) is 33.1 Å². The maximum atomic E-state index is 5.08. The molecule has 0 radical (unpaired) electrons. The summed E-state index contributed by atoms with van der Waals surface area (Å²) in [6.07, 6.45) is 3.84. The maximum Gasteiger partial charge on any atom is 0.146 e. The number of hydrogen-bond donors (Lipinski definition) is 0. The first-order valence-corrected chi connectivity index (χ1v) is 5.19. The number of rotatable bonds is 0. The van der Waals surface area contributed by atoms with Crippen LogP contribution in [-0.4, -0.2) is 12.1 Å². The van der Waals surface area contributed by atoms with Gasteiger partial charge in [0.25, 0.3) is 0 Å². The van der Waals surface area contributed by atoms with Crippen LogP contribution in [0.5, 0.6) is 0 Å². The van der Waals surface area contributed by atoms with Crippen molar-refractivity contribution in [3.05, 3.63) is 0 Å². The lowest BCUT2D eigenvalue weighted by Gasteiger charge is -2.61. The van der Waals surface area contributed by atoms with E-state index >= 15 is 0 Å². The smallest absolute Gasteiger partial charge is 0.146 e. The molecule has 4 rings (SSSR count). The molecule has 3 atom stereocenters. The second-order valence-corrected chi connectivity index (χ2v) is 5.40. The molecule has 3 unspecified atom stereocenters. The van der Waals surface area contributed by atoms with Crippen molar-refractivity contribution in [2.24, 2.45) is 27.6 Å². The molecule has 0 aromatic carbocycles. The molecule has 0 N–H and O–H groups in total. The van der Waals surface area contributed by atoms with Crippen molar-refractivity contribution in [1.82, 2.24) is 0 Å². The Morgan fingerprint density at radius 1 is 1.38 bits per heavy atom. The van der Waals surface area contributed by atoms with Gasteiger partial charge < -0.3 is 4.84 Å². The van der Waals surface area contributed by atoms with Crippen LogP contribution in [0.15, 0.2) is 10.4 Å². The number of nitrogens with zero attached hydrogens (tertiary/aromatic N) is 2. The van der Waals surface area contributed by atoms with Gasteiger partial charge in [-0.2, -0.15) is 0 Å². The van der Waals surface area contributed by atoms with Crippen molar-refractivity contribution in [2.75, 3.05) is 6.61 Å². The highest BCUT2D eigenvalue weighted by Gasteiger charge is 2.63. The van der Waals surface area contributed by atoms with Crippen molar-refractivity contribution in [1.29, 1.82) is 0 Å². The van der Waals surface area contributed by atoms with E-state index in [1.807, 2.05) is 0 Å². The summed E-state index contributed by atoms with van der Waals surface area (Å²) in [6.45, 7) is 5.48. The Kier molecular flexibility index (Phi) is 1.24. The topological polar surface area (TPSA) is 34.0 Å². The summed E-state index contributed by atoms with van der Waals surface area (Å²) >= 11 is 0. The van der Waals surface area contributed by atoms with E-state index in [-0.39, 0.29) is 5.54 Å². The van der Waals surface area contributed by atoms with Gasteiger partial charge in [0.15, 0.2) is 0 Å². The zero-order valence-corrected chi connectivity index (χ0v) is 8.29. The van der Waals surface area contributed by atoms with Crippen LogP contribution < -0.4 is 0 Å². The van der Waals surface area contributed by atoms with Crippen LogP contribution in [0.2, 0.25) is 0 Å². The molecule has 3 aliphatic carbocycles. The molecule has 3 fully saturated rings. The second kappa shape index (κ2) is 2.07. The lowest BCUT2D eigenvalue weighted by atomic mass is 9.43. The van der Waals surface area contributed by atoms with E-state index in [0.29, 0.717) is 11.3 Å². The van der Waals surface area contributed by atoms with Gasteiger partial charge in [-0.25, -0.2) is 0 Å². The molecule has 4 aliphatic rings. The molecule has 3 heteroatoms. The van der Waals surface area contributed by atoms with Gasteiger partial charge in [-0.1, -0.05) is 13.8 Å². The molecule has 3 saturated carbocycles. The van der Waals surface area contributed by atoms with Crippen molar-refractivity contribution in [3.8, 4) is 0 Å². The third-order valence-electron chi connectivity index (χ3n) is 4.66. The predicted octanol–water partition coefficient (Wildman–Crippen LogP) is 2.58. The molecule has 0 aromatic heterocycles. The van der Waals surface area contributed by atoms with Crippen LogP contribution in [0.3, 0.4) is 0 Å². The van der Waals surface area contributed by atoms with Gasteiger partial charge in [0.1, 0.15) is 12.1 Å². The van der Waals surface area contributed by atoms with Crippen molar-refractivity contribution in [2.45, 2.75) is 38.6 Å². The first-order chi connectivity index (χ1) is 6.15. The Labute approximate surface area is 78.5 Å².